The number of rotatable bonds is 8. The van der Waals surface area contributed by atoms with Crippen molar-refractivity contribution in [1.82, 2.24) is 0 Å². The van der Waals surface area contributed by atoms with E-state index in [1.54, 1.807) is 12.1 Å². The maximum atomic E-state index is 11.5. The highest BCUT2D eigenvalue weighted by Crippen LogP contribution is 2.22. The van der Waals surface area contributed by atoms with E-state index in [2.05, 4.69) is 0 Å². The van der Waals surface area contributed by atoms with Crippen molar-refractivity contribution < 1.29 is 19.4 Å². The van der Waals surface area contributed by atoms with E-state index in [0.717, 1.165) is 16.9 Å². The molecule has 0 bridgehead atoms. The highest BCUT2D eigenvalue weighted by atomic mass is 16.5. The van der Waals surface area contributed by atoms with Crippen LogP contribution < -0.4 is 4.74 Å². The van der Waals surface area contributed by atoms with Gasteiger partial charge in [-0.05, 0) is 24.1 Å². The molecule has 0 aliphatic rings. The Morgan fingerprint density at radius 1 is 1.00 bits per heavy atom. The van der Waals surface area contributed by atoms with Gasteiger partial charge in [0.2, 0.25) is 0 Å². The number of allylic oxidation sites excluding steroid dienone is 2. The first-order valence-electron chi connectivity index (χ1n) is 8.29. The lowest BCUT2D eigenvalue weighted by Crippen LogP contribution is -2.02. The quantitative estimate of drug-likeness (QED) is 0.419. The molecule has 2 aromatic rings. The van der Waals surface area contributed by atoms with Crippen LogP contribution in [0.5, 0.6) is 5.75 Å². The minimum absolute atomic E-state index is 0.110. The molecule has 0 aromatic heterocycles. The van der Waals surface area contributed by atoms with Crippen LogP contribution in [0.25, 0.3) is 17.7 Å². The van der Waals surface area contributed by atoms with Gasteiger partial charge in [0.05, 0.1) is 20.0 Å². The number of methoxy groups -OCH3 is 1. The minimum atomic E-state index is -1.03. The summed E-state index contributed by atoms with van der Waals surface area (Å²) in [7, 11) is 1.43. The Hall–Kier alpha value is -3.27. The van der Waals surface area contributed by atoms with Crippen molar-refractivity contribution in [2.24, 2.45) is 0 Å². The van der Waals surface area contributed by atoms with E-state index in [0.29, 0.717) is 12.2 Å². The van der Waals surface area contributed by atoms with Gasteiger partial charge in [-0.15, -0.1) is 0 Å². The van der Waals surface area contributed by atoms with Crippen LogP contribution in [0.3, 0.4) is 0 Å². The molecule has 0 amide bonds. The van der Waals surface area contributed by atoms with Gasteiger partial charge in [0.15, 0.2) is 0 Å². The number of carboxylic acids is 1. The Morgan fingerprint density at radius 3 is 2.27 bits per heavy atom. The van der Waals surface area contributed by atoms with Gasteiger partial charge in [-0.2, -0.15) is 0 Å². The number of hydrogen-bond donors (Lipinski definition) is 1. The van der Waals surface area contributed by atoms with E-state index in [4.69, 9.17) is 9.47 Å². The van der Waals surface area contributed by atoms with E-state index < -0.39 is 5.97 Å². The summed E-state index contributed by atoms with van der Waals surface area (Å²) in [6.07, 6.45) is 8.82. The third-order valence-electron chi connectivity index (χ3n) is 3.60. The molecular weight excluding hydrogens is 328 g/mol. The van der Waals surface area contributed by atoms with Gasteiger partial charge in [0, 0.05) is 5.56 Å². The monoisotopic (exact) mass is 350 g/mol. The predicted octanol–water partition coefficient (Wildman–Crippen LogP) is 4.88. The van der Waals surface area contributed by atoms with Gasteiger partial charge in [-0.1, -0.05) is 66.8 Å². The molecule has 2 rings (SSSR count). The summed E-state index contributed by atoms with van der Waals surface area (Å²) in [5.41, 5.74) is 2.48. The van der Waals surface area contributed by atoms with Gasteiger partial charge < -0.3 is 14.6 Å². The Labute approximate surface area is 153 Å². The zero-order valence-electron chi connectivity index (χ0n) is 14.9. The van der Waals surface area contributed by atoms with E-state index in [9.17, 15) is 9.90 Å². The third kappa shape index (κ3) is 5.11. The lowest BCUT2D eigenvalue weighted by atomic mass is 10.00. The van der Waals surface area contributed by atoms with Crippen molar-refractivity contribution in [2.45, 2.75) is 6.92 Å². The second-order valence-electron chi connectivity index (χ2n) is 5.35. The number of ether oxygens (including phenoxy) is 2. The molecule has 4 heteroatoms. The molecule has 0 radical (unpaired) electrons. The minimum Gasteiger partial charge on any atom is -0.503 e. The third-order valence-corrected chi connectivity index (χ3v) is 3.60. The topological polar surface area (TPSA) is 55.8 Å². The van der Waals surface area contributed by atoms with E-state index in [1.807, 2.05) is 67.6 Å². The molecule has 0 aliphatic heterocycles. The van der Waals surface area contributed by atoms with Crippen molar-refractivity contribution in [1.29, 1.82) is 0 Å². The Bertz CT molecular complexity index is 832. The number of benzene rings is 2. The standard InChI is InChI=1S/C22H22O4/c1-3-26-21-15-9-7-13-18(21)12-5-4-10-17-11-6-8-14-19(17)20(16-25-2)22(23)24/h4-16H,3H2,1-2H3,(H,23,24)/b10-4?,12-5+,20-16+. The summed E-state index contributed by atoms with van der Waals surface area (Å²) >= 11 is 0. The molecule has 0 spiro atoms. The second-order valence-corrected chi connectivity index (χ2v) is 5.35. The summed E-state index contributed by atoms with van der Waals surface area (Å²) < 4.78 is 10.5. The number of hydrogen-bond acceptors (Lipinski definition) is 3. The first-order valence-corrected chi connectivity index (χ1v) is 8.29. The summed E-state index contributed by atoms with van der Waals surface area (Å²) in [5.74, 6) is -0.204. The van der Waals surface area contributed by atoms with Gasteiger partial charge in [-0.3, -0.25) is 0 Å². The summed E-state index contributed by atoms with van der Waals surface area (Å²) in [4.78, 5) is 11.5. The van der Waals surface area contributed by atoms with Crippen LogP contribution in [0.2, 0.25) is 0 Å². The average molecular weight is 350 g/mol. The van der Waals surface area contributed by atoms with Gasteiger partial charge >= 0.3 is 5.97 Å². The van der Waals surface area contributed by atoms with Crippen LogP contribution in [0.4, 0.5) is 0 Å². The Balaban J connectivity index is 2.24. The molecule has 1 N–H and O–H groups in total. The van der Waals surface area contributed by atoms with Crippen molar-refractivity contribution in [3.63, 3.8) is 0 Å². The molecule has 0 aliphatic carbocycles. The van der Waals surface area contributed by atoms with Crippen molar-refractivity contribution >= 4 is 23.7 Å². The van der Waals surface area contributed by atoms with Gasteiger partial charge in [-0.25, -0.2) is 4.79 Å². The van der Waals surface area contributed by atoms with E-state index in [1.165, 1.54) is 13.4 Å². The molecule has 0 fully saturated rings. The molecule has 0 heterocycles. The summed E-state index contributed by atoms with van der Waals surface area (Å²) in [5, 5.41) is 9.38. The van der Waals surface area contributed by atoms with Crippen LogP contribution in [0, 0.1) is 0 Å². The molecule has 0 saturated heterocycles. The number of carbonyl (C=O) groups is 1. The van der Waals surface area contributed by atoms with Crippen LogP contribution >= 0.6 is 0 Å². The van der Waals surface area contributed by atoms with E-state index >= 15 is 0 Å². The summed E-state index contributed by atoms with van der Waals surface area (Å²) in [6, 6.07) is 15.1. The lowest BCUT2D eigenvalue weighted by Gasteiger charge is -2.07. The van der Waals surface area contributed by atoms with Crippen molar-refractivity contribution in [2.75, 3.05) is 13.7 Å². The largest absolute Gasteiger partial charge is 0.503 e. The van der Waals surface area contributed by atoms with Crippen LogP contribution in [0.1, 0.15) is 23.6 Å². The number of carboxylic acid groups (broad SMARTS) is 1. The maximum Gasteiger partial charge on any atom is 0.339 e. The molecule has 4 nitrogen and oxygen atoms in total. The molecule has 134 valence electrons. The molecule has 0 saturated carbocycles. The van der Waals surface area contributed by atoms with Crippen molar-refractivity contribution in [3.8, 4) is 5.75 Å². The van der Waals surface area contributed by atoms with Crippen LogP contribution in [-0.4, -0.2) is 24.8 Å². The fourth-order valence-corrected chi connectivity index (χ4v) is 2.46. The number of aliphatic carboxylic acids is 1. The van der Waals surface area contributed by atoms with Gasteiger partial charge in [0.25, 0.3) is 0 Å². The Morgan fingerprint density at radius 2 is 1.62 bits per heavy atom. The predicted molar refractivity (Wildman–Crippen MR) is 105 cm³/mol. The zero-order valence-corrected chi connectivity index (χ0v) is 14.9. The lowest BCUT2D eigenvalue weighted by molar-refractivity contribution is -0.130. The molecular formula is C22H22O4. The van der Waals surface area contributed by atoms with E-state index in [-0.39, 0.29) is 5.57 Å². The SMILES string of the molecule is CCOc1ccccc1/C=C/C=Cc1ccccc1/C(=C\OC)C(=O)O. The molecule has 0 unspecified atom stereocenters. The first kappa shape index (κ1) is 19.1. The fourth-order valence-electron chi connectivity index (χ4n) is 2.46. The normalized spacial score (nSPS) is 11.8. The number of para-hydroxylation sites is 1. The first-order chi connectivity index (χ1) is 12.7. The zero-order chi connectivity index (χ0) is 18.8. The Kier molecular flexibility index (Phi) is 7.25. The van der Waals surface area contributed by atoms with Crippen LogP contribution in [0.15, 0.2) is 66.9 Å². The molecule has 0 atom stereocenters. The second kappa shape index (κ2) is 9.89. The highest BCUT2D eigenvalue weighted by Gasteiger charge is 2.13. The molecule has 2 aromatic carbocycles. The van der Waals surface area contributed by atoms with Gasteiger partial charge in [0.1, 0.15) is 11.3 Å². The maximum absolute atomic E-state index is 11.5. The highest BCUT2D eigenvalue weighted by molar-refractivity contribution is 6.16. The average Bonchev–Trinajstić information content (AvgIpc) is 2.65. The smallest absolute Gasteiger partial charge is 0.339 e. The van der Waals surface area contributed by atoms with Crippen LogP contribution in [-0.2, 0) is 9.53 Å². The van der Waals surface area contributed by atoms with Crippen molar-refractivity contribution in [3.05, 3.63) is 83.6 Å². The molecule has 26 heavy (non-hydrogen) atoms. The summed E-state index contributed by atoms with van der Waals surface area (Å²) in [6.45, 7) is 2.56. The fraction of sp³-hybridized carbons (Fsp3) is 0.136.